The van der Waals surface area contributed by atoms with Crippen molar-refractivity contribution >= 4 is 21.6 Å². The molecule has 0 radical (unpaired) electrons. The molecule has 3 rings (SSSR count). The molecule has 0 fully saturated rings. The van der Waals surface area contributed by atoms with E-state index in [0.29, 0.717) is 11.6 Å². The highest BCUT2D eigenvalue weighted by Crippen LogP contribution is 2.45. The van der Waals surface area contributed by atoms with Gasteiger partial charge in [-0.1, -0.05) is 57.5 Å². The lowest BCUT2D eigenvalue weighted by Crippen LogP contribution is -2.38. The molecule has 1 aromatic heterocycles. The molecule has 0 aliphatic heterocycles. The summed E-state index contributed by atoms with van der Waals surface area (Å²) >= 11 is 3.49. The summed E-state index contributed by atoms with van der Waals surface area (Å²) in [6.45, 7) is 3.84. The van der Waals surface area contributed by atoms with Gasteiger partial charge >= 0.3 is 0 Å². The first-order valence-electron chi connectivity index (χ1n) is 8.43. The topological polar surface area (TPSA) is 67.6 Å². The van der Waals surface area contributed by atoms with Gasteiger partial charge in [0.25, 0.3) is 0 Å². The Morgan fingerprint density at radius 2 is 1.78 bits per heavy atom. The fourth-order valence-corrected chi connectivity index (χ4v) is 3.84. The summed E-state index contributed by atoms with van der Waals surface area (Å²) in [7, 11) is 1.56. The Labute approximate surface area is 166 Å². The predicted molar refractivity (Wildman–Crippen MR) is 109 cm³/mol. The van der Waals surface area contributed by atoms with Crippen LogP contribution < -0.4 is 4.74 Å². The van der Waals surface area contributed by atoms with Crippen LogP contribution in [0.3, 0.4) is 0 Å². The normalized spacial score (nSPS) is 13.9. The molecule has 0 saturated carbocycles. The van der Waals surface area contributed by atoms with E-state index >= 15 is 0 Å². The smallest absolute Gasteiger partial charge is 0.238 e. The molecular formula is C21H20BrN3O2. The fraction of sp³-hybridized carbons (Fsp3) is 0.190. The third kappa shape index (κ3) is 3.21. The second-order valence-electron chi connectivity index (χ2n) is 6.21. The van der Waals surface area contributed by atoms with Crippen molar-refractivity contribution in [2.75, 3.05) is 7.11 Å². The number of nitrogens with zero attached hydrogens (tertiary/aromatic N) is 3. The van der Waals surface area contributed by atoms with Gasteiger partial charge in [-0.2, -0.15) is 5.10 Å². The van der Waals surface area contributed by atoms with Gasteiger partial charge < -0.3 is 9.94 Å². The molecule has 0 aliphatic rings. The maximum absolute atomic E-state index is 9.87. The maximum Gasteiger partial charge on any atom is 0.238 e. The Morgan fingerprint density at radius 3 is 2.41 bits per heavy atom. The maximum atomic E-state index is 9.87. The van der Waals surface area contributed by atoms with Gasteiger partial charge in [-0.05, 0) is 48.7 Å². The number of aryl methyl sites for hydroxylation is 1. The van der Waals surface area contributed by atoms with Gasteiger partial charge in [0.1, 0.15) is 0 Å². The summed E-state index contributed by atoms with van der Waals surface area (Å²) in [5.41, 5.74) is 3.34. The van der Waals surface area contributed by atoms with E-state index in [2.05, 4.69) is 31.3 Å². The van der Waals surface area contributed by atoms with Crippen LogP contribution in [-0.2, 0) is 5.41 Å². The van der Waals surface area contributed by atoms with Crippen molar-refractivity contribution < 1.29 is 9.94 Å². The van der Waals surface area contributed by atoms with Gasteiger partial charge in [0.05, 0.1) is 24.4 Å². The average Bonchev–Trinajstić information content (AvgIpc) is 2.71. The van der Waals surface area contributed by atoms with Crippen LogP contribution in [0, 0.1) is 6.92 Å². The molecule has 0 unspecified atom stereocenters. The Morgan fingerprint density at radius 1 is 1.07 bits per heavy atom. The minimum absolute atomic E-state index is 0.381. The Bertz CT molecular complexity index is 973. The molecule has 1 heterocycles. The zero-order valence-electron chi connectivity index (χ0n) is 15.3. The lowest BCUT2D eigenvalue weighted by atomic mass is 9.65. The standard InChI is InChI=1S/C21H20BrN3O2/c1-14-6-4-5-7-18(14)21(15(2)25-26,16-8-10-17(22)11-9-16)19-12-13-23-24-20(19)27-3/h4-13,26H,1-3H3/b25-15-/t21-/m1/s1. The second-order valence-corrected chi connectivity index (χ2v) is 7.13. The molecule has 0 aliphatic carbocycles. The summed E-state index contributed by atoms with van der Waals surface area (Å²) in [5.74, 6) is 0.381. The monoisotopic (exact) mass is 425 g/mol. The van der Waals surface area contributed by atoms with Crippen LogP contribution in [0.15, 0.2) is 70.4 Å². The molecular weight excluding hydrogens is 406 g/mol. The molecule has 0 bridgehead atoms. The number of aromatic nitrogens is 2. The first kappa shape index (κ1) is 19.0. The molecule has 5 nitrogen and oxygen atoms in total. The van der Waals surface area contributed by atoms with E-state index in [1.807, 2.05) is 61.5 Å². The van der Waals surface area contributed by atoms with Crippen LogP contribution in [0.1, 0.15) is 29.2 Å². The molecule has 0 saturated heterocycles. The first-order valence-corrected chi connectivity index (χ1v) is 9.22. The molecule has 0 amide bonds. The molecule has 0 spiro atoms. The van der Waals surface area contributed by atoms with E-state index < -0.39 is 5.41 Å². The van der Waals surface area contributed by atoms with Crippen LogP contribution in [0.2, 0.25) is 0 Å². The summed E-state index contributed by atoms with van der Waals surface area (Å²) in [4.78, 5) is 0. The molecule has 6 heteroatoms. The van der Waals surface area contributed by atoms with Gasteiger partial charge in [0.2, 0.25) is 5.88 Å². The summed E-state index contributed by atoms with van der Waals surface area (Å²) in [5, 5.41) is 21.6. The van der Waals surface area contributed by atoms with Crippen molar-refractivity contribution in [2.45, 2.75) is 19.3 Å². The predicted octanol–water partition coefficient (Wildman–Crippen LogP) is 4.74. The van der Waals surface area contributed by atoms with E-state index in [0.717, 1.165) is 26.7 Å². The third-order valence-corrected chi connectivity index (χ3v) is 5.33. The lowest BCUT2D eigenvalue weighted by Gasteiger charge is -2.36. The van der Waals surface area contributed by atoms with Crippen LogP contribution in [-0.4, -0.2) is 28.2 Å². The number of halogens is 1. The lowest BCUT2D eigenvalue weighted by molar-refractivity contribution is 0.314. The Hall–Kier alpha value is -2.73. The highest BCUT2D eigenvalue weighted by molar-refractivity contribution is 9.10. The summed E-state index contributed by atoms with van der Waals surface area (Å²) < 4.78 is 6.49. The quantitative estimate of drug-likeness (QED) is 0.364. The van der Waals surface area contributed by atoms with Gasteiger partial charge in [-0.15, -0.1) is 5.10 Å². The summed E-state index contributed by atoms with van der Waals surface area (Å²) in [6.07, 6.45) is 1.62. The van der Waals surface area contributed by atoms with E-state index in [9.17, 15) is 5.21 Å². The zero-order chi connectivity index (χ0) is 19.4. The van der Waals surface area contributed by atoms with E-state index in [-0.39, 0.29) is 0 Å². The fourth-order valence-electron chi connectivity index (χ4n) is 3.58. The first-order chi connectivity index (χ1) is 13.1. The van der Waals surface area contributed by atoms with E-state index in [1.165, 1.54) is 0 Å². The Kier molecular flexibility index (Phi) is 5.56. The number of ether oxygens (including phenoxy) is 1. The average molecular weight is 426 g/mol. The minimum atomic E-state index is -0.887. The number of benzene rings is 2. The highest BCUT2D eigenvalue weighted by Gasteiger charge is 2.43. The van der Waals surface area contributed by atoms with Gasteiger partial charge in [0, 0.05) is 10.0 Å². The molecule has 27 heavy (non-hydrogen) atoms. The van der Waals surface area contributed by atoms with E-state index in [1.54, 1.807) is 20.2 Å². The zero-order valence-corrected chi connectivity index (χ0v) is 16.9. The molecule has 138 valence electrons. The molecule has 1 atom stereocenters. The van der Waals surface area contributed by atoms with Crippen molar-refractivity contribution in [1.29, 1.82) is 0 Å². The number of oxime groups is 1. The van der Waals surface area contributed by atoms with Crippen LogP contribution in [0.25, 0.3) is 0 Å². The van der Waals surface area contributed by atoms with Crippen molar-refractivity contribution in [3.63, 3.8) is 0 Å². The molecule has 1 N–H and O–H groups in total. The van der Waals surface area contributed by atoms with Crippen molar-refractivity contribution in [3.8, 4) is 5.88 Å². The van der Waals surface area contributed by atoms with Crippen LogP contribution >= 0.6 is 15.9 Å². The van der Waals surface area contributed by atoms with Crippen molar-refractivity contribution in [3.05, 3.63) is 87.5 Å². The minimum Gasteiger partial charge on any atom is -0.480 e. The molecule has 2 aromatic carbocycles. The Balaban J connectivity index is 2.51. The van der Waals surface area contributed by atoms with Gasteiger partial charge in [0.15, 0.2) is 0 Å². The largest absolute Gasteiger partial charge is 0.480 e. The van der Waals surface area contributed by atoms with E-state index in [4.69, 9.17) is 4.74 Å². The van der Waals surface area contributed by atoms with Crippen LogP contribution in [0.4, 0.5) is 0 Å². The van der Waals surface area contributed by atoms with Crippen LogP contribution in [0.5, 0.6) is 5.88 Å². The van der Waals surface area contributed by atoms with Crippen molar-refractivity contribution in [1.82, 2.24) is 10.2 Å². The number of hydrogen-bond donors (Lipinski definition) is 1. The summed E-state index contributed by atoms with van der Waals surface area (Å²) in [6, 6.07) is 17.8. The highest BCUT2D eigenvalue weighted by atomic mass is 79.9. The number of rotatable bonds is 5. The number of methoxy groups -OCH3 is 1. The molecule has 3 aromatic rings. The SMILES string of the molecule is COc1nnccc1[C@](/C(C)=N\O)(c1ccc(Br)cc1)c1ccccc1C. The number of hydrogen-bond acceptors (Lipinski definition) is 5. The van der Waals surface area contributed by atoms with Gasteiger partial charge in [-0.3, -0.25) is 0 Å². The third-order valence-electron chi connectivity index (χ3n) is 4.80. The van der Waals surface area contributed by atoms with Crippen molar-refractivity contribution in [2.24, 2.45) is 5.16 Å². The second kappa shape index (κ2) is 7.88. The van der Waals surface area contributed by atoms with Gasteiger partial charge in [-0.25, -0.2) is 0 Å².